The second-order valence-electron chi connectivity index (χ2n) is 8.44. The number of fused-ring (bicyclic) bond motifs is 3. The third-order valence-electron chi connectivity index (χ3n) is 6.25. The summed E-state index contributed by atoms with van der Waals surface area (Å²) in [5, 5.41) is 15.6. The van der Waals surface area contributed by atoms with Crippen LogP contribution in [0.3, 0.4) is 0 Å². The van der Waals surface area contributed by atoms with Crippen LogP contribution in [0.5, 0.6) is 11.8 Å². The molecule has 1 saturated heterocycles. The van der Waals surface area contributed by atoms with E-state index in [0.717, 1.165) is 54.4 Å². The van der Waals surface area contributed by atoms with Crippen LogP contribution >= 0.6 is 0 Å². The molecule has 5 rings (SSSR count). The van der Waals surface area contributed by atoms with Crippen LogP contribution in [-0.4, -0.2) is 47.7 Å². The van der Waals surface area contributed by atoms with Gasteiger partial charge in [-0.05, 0) is 42.7 Å². The maximum atomic E-state index is 8.84. The van der Waals surface area contributed by atoms with Crippen LogP contribution in [0, 0.1) is 18.3 Å². The van der Waals surface area contributed by atoms with Crippen LogP contribution < -0.4 is 20.3 Å². The number of rotatable bonds is 7. The van der Waals surface area contributed by atoms with Crippen molar-refractivity contribution < 1.29 is 4.74 Å². The maximum absolute atomic E-state index is 8.84. The van der Waals surface area contributed by atoms with E-state index in [1.807, 2.05) is 26.1 Å². The molecule has 8 heteroatoms. The summed E-state index contributed by atoms with van der Waals surface area (Å²) < 4.78 is 6.04. The van der Waals surface area contributed by atoms with Gasteiger partial charge in [-0.3, -0.25) is 4.98 Å². The highest BCUT2D eigenvalue weighted by Gasteiger charge is 2.32. The smallest absolute Gasteiger partial charge is 0.324 e. The Morgan fingerprint density at radius 1 is 1.24 bits per heavy atom. The highest BCUT2D eigenvalue weighted by atomic mass is 16.5. The summed E-state index contributed by atoms with van der Waals surface area (Å²) in [4.78, 5) is 16.3. The second-order valence-corrected chi connectivity index (χ2v) is 8.44. The van der Waals surface area contributed by atoms with Gasteiger partial charge in [0.05, 0.1) is 18.0 Å². The molecule has 2 N–H and O–H groups in total. The molecule has 168 valence electrons. The second kappa shape index (κ2) is 9.04. The predicted molar refractivity (Wildman–Crippen MR) is 128 cm³/mol. The number of hydrogen-bond donors (Lipinski definition) is 2. The molecule has 1 atom stereocenters. The molecule has 0 radical (unpaired) electrons. The Kier molecular flexibility index (Phi) is 5.80. The van der Waals surface area contributed by atoms with Gasteiger partial charge in [0.2, 0.25) is 0 Å². The lowest BCUT2D eigenvalue weighted by atomic mass is 10.1. The number of ether oxygens (including phenoxy) is 1. The van der Waals surface area contributed by atoms with E-state index >= 15 is 0 Å². The number of nitrogens with one attached hydrogen (secondary N) is 2. The van der Waals surface area contributed by atoms with Crippen molar-refractivity contribution in [2.24, 2.45) is 0 Å². The molecule has 3 aromatic rings. The number of aromatic nitrogens is 3. The normalized spacial score (nSPS) is 16.3. The predicted octanol–water partition coefficient (Wildman–Crippen LogP) is 3.67. The summed E-state index contributed by atoms with van der Waals surface area (Å²) in [5.41, 5.74) is 6.53. The Morgan fingerprint density at radius 2 is 2.15 bits per heavy atom. The highest BCUT2D eigenvalue weighted by molar-refractivity contribution is 5.88. The lowest BCUT2D eigenvalue weighted by Crippen LogP contribution is -2.33. The Labute approximate surface area is 193 Å². The summed E-state index contributed by atoms with van der Waals surface area (Å²) in [6, 6.07) is 13.0. The van der Waals surface area contributed by atoms with Crippen molar-refractivity contribution in [2.75, 3.05) is 36.9 Å². The monoisotopic (exact) mass is 441 g/mol. The fourth-order valence-corrected chi connectivity index (χ4v) is 4.63. The first-order valence-electron chi connectivity index (χ1n) is 11.3. The van der Waals surface area contributed by atoms with Crippen molar-refractivity contribution >= 4 is 11.5 Å². The fraction of sp³-hybridized carbons (Fsp3) is 0.360. The molecular formula is C25H27N7O. The lowest BCUT2D eigenvalue weighted by molar-refractivity contribution is 0.438. The van der Waals surface area contributed by atoms with Crippen molar-refractivity contribution in [3.05, 3.63) is 53.5 Å². The van der Waals surface area contributed by atoms with Gasteiger partial charge >= 0.3 is 6.01 Å². The standard InChI is InChI=1S/C25H27N7O/c1-16-7-8-18(14-29-16)33-25-30-22-13-20-19(5-3-6-21(20)27-2)23(22)24(31-25)32-12-9-17(15-32)28-11-4-10-26/h3,5-8,14,17,27-28H,4,9,11-13,15H2,1-2H3/t17-/m1/s1. The van der Waals surface area contributed by atoms with Crippen LogP contribution in [0.25, 0.3) is 11.1 Å². The summed E-state index contributed by atoms with van der Waals surface area (Å²) in [7, 11) is 1.95. The van der Waals surface area contributed by atoms with Crippen molar-refractivity contribution in [3.63, 3.8) is 0 Å². The van der Waals surface area contributed by atoms with Crippen LogP contribution in [0.1, 0.15) is 29.8 Å². The van der Waals surface area contributed by atoms with E-state index in [4.69, 9.17) is 20.0 Å². The van der Waals surface area contributed by atoms with Gasteiger partial charge in [-0.1, -0.05) is 12.1 Å². The van der Waals surface area contributed by atoms with Crippen LogP contribution in [-0.2, 0) is 6.42 Å². The molecule has 1 fully saturated rings. The van der Waals surface area contributed by atoms with E-state index in [9.17, 15) is 0 Å². The SMILES string of the molecule is CNc1cccc2c1Cc1nc(Oc3ccc(C)nc3)nc(N3CC[C@@H](NCCC#N)C3)c1-2. The Balaban J connectivity index is 1.51. The van der Waals surface area contributed by atoms with E-state index in [1.165, 1.54) is 11.1 Å². The molecule has 2 aliphatic rings. The first kappa shape index (κ1) is 21.2. The van der Waals surface area contributed by atoms with Gasteiger partial charge in [0.15, 0.2) is 0 Å². The molecule has 1 aromatic carbocycles. The maximum Gasteiger partial charge on any atom is 0.324 e. The van der Waals surface area contributed by atoms with Crippen molar-refractivity contribution in [2.45, 2.75) is 32.2 Å². The Hall–Kier alpha value is -3.70. The average Bonchev–Trinajstić information content (AvgIpc) is 3.45. The van der Waals surface area contributed by atoms with Crippen LogP contribution in [0.2, 0.25) is 0 Å². The fourth-order valence-electron chi connectivity index (χ4n) is 4.63. The van der Waals surface area contributed by atoms with E-state index < -0.39 is 0 Å². The number of pyridine rings is 1. The summed E-state index contributed by atoms with van der Waals surface area (Å²) >= 11 is 0. The van der Waals surface area contributed by atoms with Gasteiger partial charge < -0.3 is 20.3 Å². The third kappa shape index (κ3) is 4.20. The molecule has 2 aromatic heterocycles. The average molecular weight is 442 g/mol. The van der Waals surface area contributed by atoms with E-state index in [2.05, 4.69) is 44.8 Å². The first-order valence-corrected chi connectivity index (χ1v) is 11.3. The van der Waals surface area contributed by atoms with Crippen molar-refractivity contribution in [1.29, 1.82) is 5.26 Å². The quantitative estimate of drug-likeness (QED) is 0.419. The van der Waals surface area contributed by atoms with Crippen molar-refractivity contribution in [1.82, 2.24) is 20.3 Å². The molecule has 0 amide bonds. The molecule has 0 unspecified atom stereocenters. The van der Waals surface area contributed by atoms with Gasteiger partial charge in [-0.25, -0.2) is 0 Å². The number of anilines is 2. The zero-order valence-electron chi connectivity index (χ0n) is 18.9. The molecule has 0 spiro atoms. The van der Waals surface area contributed by atoms with Gasteiger partial charge in [0.1, 0.15) is 11.6 Å². The highest BCUT2D eigenvalue weighted by Crippen LogP contribution is 2.45. The number of hydrogen-bond acceptors (Lipinski definition) is 8. The minimum atomic E-state index is 0.333. The van der Waals surface area contributed by atoms with E-state index in [-0.39, 0.29) is 0 Å². The number of aryl methyl sites for hydroxylation is 1. The summed E-state index contributed by atoms with van der Waals surface area (Å²) in [5.74, 6) is 1.53. The Bertz CT molecular complexity index is 1200. The lowest BCUT2D eigenvalue weighted by Gasteiger charge is -2.22. The molecule has 33 heavy (non-hydrogen) atoms. The molecule has 0 bridgehead atoms. The van der Waals surface area contributed by atoms with Crippen LogP contribution in [0.15, 0.2) is 36.5 Å². The van der Waals surface area contributed by atoms with Gasteiger partial charge in [0.25, 0.3) is 0 Å². The van der Waals surface area contributed by atoms with Gasteiger partial charge in [0, 0.05) is 62.5 Å². The van der Waals surface area contributed by atoms with Crippen LogP contribution in [0.4, 0.5) is 11.5 Å². The molecule has 1 aliphatic heterocycles. The summed E-state index contributed by atoms with van der Waals surface area (Å²) in [6.07, 6.45) is 3.95. The number of nitrogens with zero attached hydrogens (tertiary/aromatic N) is 5. The molecular weight excluding hydrogens is 414 g/mol. The largest absolute Gasteiger partial charge is 0.423 e. The number of benzene rings is 1. The number of nitriles is 1. The van der Waals surface area contributed by atoms with Gasteiger partial charge in [-0.2, -0.15) is 15.2 Å². The van der Waals surface area contributed by atoms with E-state index in [1.54, 1.807) is 6.20 Å². The third-order valence-corrected chi connectivity index (χ3v) is 6.25. The minimum absolute atomic E-state index is 0.333. The Morgan fingerprint density at radius 3 is 2.94 bits per heavy atom. The first-order chi connectivity index (χ1) is 16.2. The topological polar surface area (TPSA) is 99.0 Å². The zero-order chi connectivity index (χ0) is 22.8. The van der Waals surface area contributed by atoms with Gasteiger partial charge in [-0.15, -0.1) is 0 Å². The molecule has 3 heterocycles. The zero-order valence-corrected chi connectivity index (χ0v) is 18.9. The molecule has 0 saturated carbocycles. The van der Waals surface area contributed by atoms with Crippen molar-refractivity contribution in [3.8, 4) is 29.0 Å². The summed E-state index contributed by atoms with van der Waals surface area (Å²) in [6.45, 7) is 4.38. The van der Waals surface area contributed by atoms with E-state index in [0.29, 0.717) is 30.8 Å². The molecule has 8 nitrogen and oxygen atoms in total. The minimum Gasteiger partial charge on any atom is -0.423 e. The molecule has 1 aliphatic carbocycles.